The first-order valence-corrected chi connectivity index (χ1v) is 11.1. The second-order valence-corrected chi connectivity index (χ2v) is 8.14. The van der Waals surface area contributed by atoms with Crippen LogP contribution in [0.25, 0.3) is 66.1 Å². The van der Waals surface area contributed by atoms with Crippen LogP contribution in [0.5, 0.6) is 0 Å². The number of hydrogen-bond acceptors (Lipinski definition) is 1. The van der Waals surface area contributed by atoms with Gasteiger partial charge >= 0.3 is 0 Å². The minimum absolute atomic E-state index is 0.00353. The Labute approximate surface area is 217 Å². The van der Waals surface area contributed by atoms with E-state index < -0.39 is 36.3 Å². The van der Waals surface area contributed by atoms with Gasteiger partial charge in [-0.3, -0.25) is 0 Å². The molecule has 1 aromatic heterocycles. The molecule has 0 spiro atoms. The third kappa shape index (κ3) is 3.09. The molecule has 0 aliphatic carbocycles. The van der Waals surface area contributed by atoms with Crippen molar-refractivity contribution >= 4 is 32.5 Å². The van der Waals surface area contributed by atoms with Crippen LogP contribution in [0, 0.1) is 0 Å². The zero-order valence-corrected chi connectivity index (χ0v) is 18.3. The maximum Gasteiger partial charge on any atom is 0.144 e. The summed E-state index contributed by atoms with van der Waals surface area (Å²) in [6.07, 6.45) is 0. The summed E-state index contributed by atoms with van der Waals surface area (Å²) in [4.78, 5) is 0. The largest absolute Gasteiger partial charge is 0.455 e. The molecule has 0 N–H and O–H groups in total. The van der Waals surface area contributed by atoms with E-state index in [0.717, 1.165) is 0 Å². The molecule has 0 amide bonds. The molecule has 7 rings (SSSR count). The monoisotopic (exact) mass is 456 g/mol. The first-order valence-electron chi connectivity index (χ1n) is 16.1. The first-order chi connectivity index (χ1) is 21.5. The average Bonchev–Trinajstić information content (AvgIpc) is 3.43. The highest BCUT2D eigenvalue weighted by molar-refractivity contribution is 6.23. The molecule has 6 aromatic carbocycles. The van der Waals surface area contributed by atoms with Crippen LogP contribution >= 0.6 is 0 Å². The van der Waals surface area contributed by atoms with Crippen LogP contribution in [-0.2, 0) is 0 Å². The predicted octanol–water partition coefficient (Wildman–Crippen LogP) is 9.74. The molecule has 1 heteroatoms. The van der Waals surface area contributed by atoms with E-state index in [0.29, 0.717) is 49.2 Å². The van der Waals surface area contributed by atoms with E-state index in [1.807, 2.05) is 36.4 Å². The van der Waals surface area contributed by atoms with Gasteiger partial charge in [0.05, 0.1) is 13.7 Å². The van der Waals surface area contributed by atoms with Crippen LogP contribution in [0.3, 0.4) is 0 Å². The molecule has 0 saturated heterocycles. The number of furan rings is 1. The minimum Gasteiger partial charge on any atom is -0.455 e. The molecular formula is C34H22O. The van der Waals surface area contributed by atoms with Crippen molar-refractivity contribution in [3.63, 3.8) is 0 Å². The Bertz CT molecular complexity index is 2280. The van der Waals surface area contributed by atoms with E-state index in [4.69, 9.17) is 18.1 Å². The lowest BCUT2D eigenvalue weighted by Gasteiger charge is -2.17. The second-order valence-electron chi connectivity index (χ2n) is 8.14. The summed E-state index contributed by atoms with van der Waals surface area (Å²) in [5.74, 6) is 0.287. The Morgan fingerprint density at radius 2 is 0.857 bits per heavy atom. The lowest BCUT2D eigenvalue weighted by molar-refractivity contribution is 0.634. The van der Waals surface area contributed by atoms with Gasteiger partial charge in [0.2, 0.25) is 0 Å². The van der Waals surface area contributed by atoms with Gasteiger partial charge in [0.15, 0.2) is 0 Å². The zero-order chi connectivity index (χ0) is 31.9. The van der Waals surface area contributed by atoms with Gasteiger partial charge in [-0.1, -0.05) is 127 Å². The summed E-state index contributed by atoms with van der Waals surface area (Å²) < 4.78 is 91.5. The van der Waals surface area contributed by atoms with Gasteiger partial charge in [-0.2, -0.15) is 0 Å². The molecule has 164 valence electrons. The summed E-state index contributed by atoms with van der Waals surface area (Å²) in [7, 11) is 0. The fourth-order valence-electron chi connectivity index (χ4n) is 4.86. The fourth-order valence-corrected chi connectivity index (χ4v) is 4.86. The lowest BCUT2D eigenvalue weighted by atomic mass is 9.86. The van der Waals surface area contributed by atoms with Crippen molar-refractivity contribution in [2.24, 2.45) is 0 Å². The molecule has 1 nitrogen and oxygen atoms in total. The quantitative estimate of drug-likeness (QED) is 0.241. The van der Waals surface area contributed by atoms with Gasteiger partial charge in [-0.25, -0.2) is 0 Å². The van der Waals surface area contributed by atoms with Crippen molar-refractivity contribution < 1.29 is 18.1 Å². The molecule has 7 aromatic rings. The molecule has 0 radical (unpaired) electrons. The summed E-state index contributed by atoms with van der Waals surface area (Å²) >= 11 is 0. The number of fused-ring (bicyclic) bond motifs is 3. The van der Waals surface area contributed by atoms with Gasteiger partial charge in [0.25, 0.3) is 0 Å². The maximum atomic E-state index is 8.82. The molecule has 0 aliphatic heterocycles. The maximum absolute atomic E-state index is 8.82. The molecule has 0 aliphatic rings. The molecule has 0 saturated carbocycles. The standard InChI is InChI=1S/C34H22O/c1-3-13-23(14-4-1)31-25-17-7-9-19-27(25)33(28-20-10-8-18-26(28)31)34-32(24-15-5-2-6-16-24)29-21-11-12-22-30(29)35-34/h1-22H/i1D,2D,3D,4D,5D,6D,13D,14D,15D,16D. The van der Waals surface area contributed by atoms with Crippen LogP contribution in [0.1, 0.15) is 13.7 Å². The summed E-state index contributed by atoms with van der Waals surface area (Å²) in [5, 5.41) is 3.01. The molecule has 1 heterocycles. The summed E-state index contributed by atoms with van der Waals surface area (Å²) in [6.45, 7) is 0. The first kappa shape index (κ1) is 12.2. The van der Waals surface area contributed by atoms with Gasteiger partial charge in [-0.15, -0.1) is 0 Å². The van der Waals surface area contributed by atoms with Crippen molar-refractivity contribution in [2.45, 2.75) is 0 Å². The van der Waals surface area contributed by atoms with Gasteiger partial charge in [0.1, 0.15) is 11.3 Å². The number of benzene rings is 6. The highest BCUT2D eigenvalue weighted by Crippen LogP contribution is 2.48. The Hall–Kier alpha value is -4.62. The van der Waals surface area contributed by atoms with Crippen molar-refractivity contribution in [2.75, 3.05) is 0 Å². The third-order valence-corrected chi connectivity index (χ3v) is 6.25. The van der Waals surface area contributed by atoms with E-state index in [-0.39, 0.29) is 41.1 Å². The highest BCUT2D eigenvalue weighted by Gasteiger charge is 2.23. The Morgan fingerprint density at radius 1 is 0.429 bits per heavy atom. The second kappa shape index (κ2) is 8.00. The van der Waals surface area contributed by atoms with Crippen molar-refractivity contribution in [1.82, 2.24) is 0 Å². The van der Waals surface area contributed by atoms with Gasteiger partial charge in [0, 0.05) is 16.5 Å². The number of rotatable bonds is 3. The SMILES string of the molecule is [2H]c1c([2H])c([2H])c(-c2c(-c3c4ccccc4c(-c4c([2H])c([2H])c([2H])c([2H])c4[2H])c4ccccc34)oc3ccccc23)c([2H])c1[2H]. The number of hydrogen-bond donors (Lipinski definition) is 0. The van der Waals surface area contributed by atoms with Crippen LogP contribution in [0.2, 0.25) is 0 Å². The Kier molecular flexibility index (Phi) is 2.79. The van der Waals surface area contributed by atoms with E-state index in [9.17, 15) is 0 Å². The van der Waals surface area contributed by atoms with Crippen LogP contribution in [-0.4, -0.2) is 0 Å². The van der Waals surface area contributed by atoms with Gasteiger partial charge < -0.3 is 4.42 Å². The molecule has 35 heavy (non-hydrogen) atoms. The third-order valence-electron chi connectivity index (χ3n) is 6.25. The van der Waals surface area contributed by atoms with Gasteiger partial charge in [-0.05, 0) is 44.3 Å². The van der Waals surface area contributed by atoms with E-state index >= 15 is 0 Å². The van der Waals surface area contributed by atoms with E-state index in [1.54, 1.807) is 36.4 Å². The smallest absolute Gasteiger partial charge is 0.144 e. The fraction of sp³-hybridized carbons (Fsp3) is 0. The van der Waals surface area contributed by atoms with Crippen molar-refractivity contribution in [1.29, 1.82) is 0 Å². The van der Waals surface area contributed by atoms with Crippen molar-refractivity contribution in [3.8, 4) is 33.6 Å². The molecule has 0 unspecified atom stereocenters. The number of para-hydroxylation sites is 1. The molecule has 0 atom stereocenters. The predicted molar refractivity (Wildman–Crippen MR) is 148 cm³/mol. The van der Waals surface area contributed by atoms with Crippen LogP contribution in [0.4, 0.5) is 0 Å². The van der Waals surface area contributed by atoms with E-state index in [1.165, 1.54) is 0 Å². The molecule has 0 bridgehead atoms. The topological polar surface area (TPSA) is 13.1 Å². The zero-order valence-electron chi connectivity index (χ0n) is 28.3. The Morgan fingerprint density at radius 3 is 1.40 bits per heavy atom. The van der Waals surface area contributed by atoms with Crippen molar-refractivity contribution in [3.05, 3.63) is 133 Å². The lowest BCUT2D eigenvalue weighted by Crippen LogP contribution is -1.91. The van der Waals surface area contributed by atoms with Crippen LogP contribution < -0.4 is 0 Å². The highest BCUT2D eigenvalue weighted by atomic mass is 16.3. The Balaban J connectivity index is 1.71. The summed E-state index contributed by atoms with van der Waals surface area (Å²) in [5.41, 5.74) is 1.91. The summed E-state index contributed by atoms with van der Waals surface area (Å²) in [6, 6.07) is 17.5. The molecular weight excluding hydrogens is 424 g/mol. The normalized spacial score (nSPS) is 15.4. The van der Waals surface area contributed by atoms with E-state index in [2.05, 4.69) is 0 Å². The van der Waals surface area contributed by atoms with Crippen LogP contribution in [0.15, 0.2) is 138 Å². The average molecular weight is 457 g/mol. The molecule has 0 fully saturated rings. The minimum atomic E-state index is -0.498.